The Morgan fingerprint density at radius 2 is 2.14 bits per heavy atom. The SMILES string of the molecule is Oc1cccc(CNC2CC(O)C2)c1. The molecule has 0 spiro atoms. The molecule has 0 amide bonds. The first-order chi connectivity index (χ1) is 6.74. The lowest BCUT2D eigenvalue weighted by atomic mass is 9.89. The van der Waals surface area contributed by atoms with Gasteiger partial charge in [0.2, 0.25) is 0 Å². The summed E-state index contributed by atoms with van der Waals surface area (Å²) < 4.78 is 0. The van der Waals surface area contributed by atoms with Gasteiger partial charge in [-0.05, 0) is 30.5 Å². The molecule has 0 bridgehead atoms. The number of phenolic OH excluding ortho intramolecular Hbond substituents is 1. The van der Waals surface area contributed by atoms with Gasteiger partial charge < -0.3 is 15.5 Å². The molecule has 1 fully saturated rings. The van der Waals surface area contributed by atoms with Gasteiger partial charge in [-0.3, -0.25) is 0 Å². The lowest BCUT2D eigenvalue weighted by Gasteiger charge is -2.32. The fraction of sp³-hybridized carbons (Fsp3) is 0.455. The molecule has 3 heteroatoms. The Bertz CT molecular complexity index is 308. The zero-order chi connectivity index (χ0) is 9.97. The Morgan fingerprint density at radius 1 is 1.36 bits per heavy atom. The summed E-state index contributed by atoms with van der Waals surface area (Å²) in [4.78, 5) is 0. The highest BCUT2D eigenvalue weighted by molar-refractivity contribution is 5.26. The van der Waals surface area contributed by atoms with E-state index in [2.05, 4.69) is 5.32 Å². The Balaban J connectivity index is 1.80. The number of phenols is 1. The lowest BCUT2D eigenvalue weighted by Crippen LogP contribution is -2.43. The van der Waals surface area contributed by atoms with Gasteiger partial charge in [0.25, 0.3) is 0 Å². The molecule has 3 nitrogen and oxygen atoms in total. The fourth-order valence-electron chi connectivity index (χ4n) is 1.68. The Hall–Kier alpha value is -1.06. The van der Waals surface area contributed by atoms with Crippen molar-refractivity contribution >= 4 is 0 Å². The van der Waals surface area contributed by atoms with E-state index in [0.29, 0.717) is 11.8 Å². The fourth-order valence-corrected chi connectivity index (χ4v) is 1.68. The average Bonchev–Trinajstić information content (AvgIpc) is 2.11. The van der Waals surface area contributed by atoms with E-state index in [1.54, 1.807) is 12.1 Å². The van der Waals surface area contributed by atoms with Crippen LogP contribution in [0.15, 0.2) is 24.3 Å². The number of aliphatic hydroxyl groups excluding tert-OH is 1. The molecule has 1 aliphatic rings. The second-order valence-corrected chi connectivity index (χ2v) is 3.87. The third-order valence-electron chi connectivity index (χ3n) is 2.62. The molecule has 3 N–H and O–H groups in total. The monoisotopic (exact) mass is 193 g/mol. The van der Waals surface area contributed by atoms with Crippen LogP contribution in [0.25, 0.3) is 0 Å². The zero-order valence-electron chi connectivity index (χ0n) is 7.98. The van der Waals surface area contributed by atoms with Crippen LogP contribution in [0, 0.1) is 0 Å². The van der Waals surface area contributed by atoms with Crippen molar-refractivity contribution in [1.29, 1.82) is 0 Å². The molecule has 0 heterocycles. The molecule has 1 saturated carbocycles. The van der Waals surface area contributed by atoms with Gasteiger partial charge in [-0.2, -0.15) is 0 Å². The highest BCUT2D eigenvalue weighted by atomic mass is 16.3. The van der Waals surface area contributed by atoms with Crippen LogP contribution in [0.4, 0.5) is 0 Å². The van der Waals surface area contributed by atoms with E-state index in [1.807, 2.05) is 12.1 Å². The van der Waals surface area contributed by atoms with Gasteiger partial charge in [0.1, 0.15) is 5.75 Å². The van der Waals surface area contributed by atoms with Crippen LogP contribution in [0.2, 0.25) is 0 Å². The minimum absolute atomic E-state index is 0.114. The molecule has 0 radical (unpaired) electrons. The summed E-state index contributed by atoms with van der Waals surface area (Å²) in [6.07, 6.45) is 1.58. The van der Waals surface area contributed by atoms with E-state index < -0.39 is 0 Å². The predicted molar refractivity (Wildman–Crippen MR) is 54.0 cm³/mol. The Labute approximate surface area is 83.4 Å². The summed E-state index contributed by atoms with van der Waals surface area (Å²) in [5.41, 5.74) is 1.08. The lowest BCUT2D eigenvalue weighted by molar-refractivity contribution is 0.0619. The quantitative estimate of drug-likeness (QED) is 0.671. The van der Waals surface area contributed by atoms with Crippen LogP contribution in [-0.4, -0.2) is 22.4 Å². The normalized spacial score (nSPS) is 25.8. The van der Waals surface area contributed by atoms with Crippen molar-refractivity contribution in [3.63, 3.8) is 0 Å². The van der Waals surface area contributed by atoms with Crippen molar-refractivity contribution in [2.24, 2.45) is 0 Å². The maximum absolute atomic E-state index is 9.22. The van der Waals surface area contributed by atoms with Crippen LogP contribution >= 0.6 is 0 Å². The molecule has 0 aliphatic heterocycles. The number of rotatable bonds is 3. The number of benzene rings is 1. The second-order valence-electron chi connectivity index (χ2n) is 3.87. The molecule has 76 valence electrons. The third-order valence-corrected chi connectivity index (χ3v) is 2.62. The summed E-state index contributed by atoms with van der Waals surface area (Å²) in [7, 11) is 0. The number of nitrogens with one attached hydrogen (secondary N) is 1. The van der Waals surface area contributed by atoms with Gasteiger partial charge in [-0.1, -0.05) is 12.1 Å². The number of aromatic hydroxyl groups is 1. The minimum Gasteiger partial charge on any atom is -0.508 e. The summed E-state index contributed by atoms with van der Waals surface area (Å²) in [5.74, 6) is 0.304. The van der Waals surface area contributed by atoms with E-state index in [-0.39, 0.29) is 6.10 Å². The van der Waals surface area contributed by atoms with Gasteiger partial charge in [-0.15, -0.1) is 0 Å². The standard InChI is InChI=1S/C11H15NO2/c13-10-3-1-2-8(4-10)7-12-9-5-11(14)6-9/h1-4,9,11-14H,5-7H2. The van der Waals surface area contributed by atoms with Gasteiger partial charge in [0.05, 0.1) is 6.10 Å². The Morgan fingerprint density at radius 3 is 2.79 bits per heavy atom. The van der Waals surface area contributed by atoms with E-state index in [9.17, 15) is 5.11 Å². The summed E-state index contributed by atoms with van der Waals surface area (Å²) in [6.45, 7) is 0.756. The van der Waals surface area contributed by atoms with Gasteiger partial charge in [-0.25, -0.2) is 0 Å². The molecule has 0 aromatic heterocycles. The third kappa shape index (κ3) is 2.25. The number of aliphatic hydroxyl groups is 1. The van der Waals surface area contributed by atoms with Crippen LogP contribution in [0.5, 0.6) is 5.75 Å². The van der Waals surface area contributed by atoms with E-state index >= 15 is 0 Å². The van der Waals surface area contributed by atoms with Crippen molar-refractivity contribution in [3.8, 4) is 5.75 Å². The summed E-state index contributed by atoms with van der Waals surface area (Å²) in [6, 6.07) is 7.66. The highest BCUT2D eigenvalue weighted by Gasteiger charge is 2.26. The summed E-state index contributed by atoms with van der Waals surface area (Å²) >= 11 is 0. The molecular weight excluding hydrogens is 178 g/mol. The summed E-state index contributed by atoms with van der Waals surface area (Å²) in [5, 5.41) is 21.6. The number of hydrogen-bond acceptors (Lipinski definition) is 3. The largest absolute Gasteiger partial charge is 0.508 e. The maximum atomic E-state index is 9.22. The number of hydrogen-bond donors (Lipinski definition) is 3. The molecular formula is C11H15NO2. The minimum atomic E-state index is -0.114. The smallest absolute Gasteiger partial charge is 0.115 e. The van der Waals surface area contributed by atoms with Crippen molar-refractivity contribution in [3.05, 3.63) is 29.8 Å². The first-order valence-electron chi connectivity index (χ1n) is 4.93. The van der Waals surface area contributed by atoms with Gasteiger partial charge >= 0.3 is 0 Å². The molecule has 14 heavy (non-hydrogen) atoms. The van der Waals surface area contributed by atoms with Crippen molar-refractivity contribution in [2.75, 3.05) is 0 Å². The molecule has 0 unspecified atom stereocenters. The molecule has 1 aromatic rings. The van der Waals surface area contributed by atoms with E-state index in [4.69, 9.17) is 5.11 Å². The molecule has 2 rings (SSSR count). The molecule has 0 atom stereocenters. The van der Waals surface area contributed by atoms with Crippen molar-refractivity contribution in [1.82, 2.24) is 5.32 Å². The highest BCUT2D eigenvalue weighted by Crippen LogP contribution is 2.20. The van der Waals surface area contributed by atoms with Crippen LogP contribution in [0.1, 0.15) is 18.4 Å². The first-order valence-corrected chi connectivity index (χ1v) is 4.93. The van der Waals surface area contributed by atoms with E-state index in [0.717, 1.165) is 24.9 Å². The Kier molecular flexibility index (Phi) is 2.70. The second kappa shape index (κ2) is 3.98. The van der Waals surface area contributed by atoms with E-state index in [1.165, 1.54) is 0 Å². The molecule has 1 aliphatic carbocycles. The van der Waals surface area contributed by atoms with Gasteiger partial charge in [0.15, 0.2) is 0 Å². The topological polar surface area (TPSA) is 52.5 Å². The molecule has 0 saturated heterocycles. The van der Waals surface area contributed by atoms with Crippen LogP contribution < -0.4 is 5.32 Å². The van der Waals surface area contributed by atoms with Crippen LogP contribution in [-0.2, 0) is 6.54 Å². The maximum Gasteiger partial charge on any atom is 0.115 e. The van der Waals surface area contributed by atoms with Crippen molar-refractivity contribution in [2.45, 2.75) is 31.5 Å². The molecule has 1 aromatic carbocycles. The van der Waals surface area contributed by atoms with Crippen molar-refractivity contribution < 1.29 is 10.2 Å². The zero-order valence-corrected chi connectivity index (χ0v) is 7.98. The first kappa shape index (κ1) is 9.49. The van der Waals surface area contributed by atoms with Crippen LogP contribution in [0.3, 0.4) is 0 Å². The van der Waals surface area contributed by atoms with Gasteiger partial charge in [0, 0.05) is 12.6 Å². The predicted octanol–water partition coefficient (Wildman–Crippen LogP) is 1.01. The average molecular weight is 193 g/mol.